The molecule has 0 aliphatic carbocycles. The van der Waals surface area contributed by atoms with Crippen molar-refractivity contribution in [2.24, 2.45) is 0 Å². The highest BCUT2D eigenvalue weighted by Gasteiger charge is 2.23. The number of nitrogens with one attached hydrogen (secondary N) is 1. The third-order valence-electron chi connectivity index (χ3n) is 3.57. The minimum Gasteiger partial charge on any atom is -0.339 e. The monoisotopic (exact) mass is 328 g/mol. The molecule has 0 radical (unpaired) electrons. The molecule has 1 heterocycles. The fourth-order valence-corrected chi connectivity index (χ4v) is 2.82. The molecule has 1 unspecified atom stereocenters. The molecule has 3 nitrogen and oxygen atoms in total. The Kier molecular flexibility index (Phi) is 4.93. The third kappa shape index (κ3) is 3.54. The first-order chi connectivity index (χ1) is 9.09. The van der Waals surface area contributed by atoms with Gasteiger partial charge in [0, 0.05) is 17.6 Å². The van der Waals surface area contributed by atoms with E-state index < -0.39 is 0 Å². The Labute approximate surface area is 121 Å². The van der Waals surface area contributed by atoms with Gasteiger partial charge in [-0.05, 0) is 66.5 Å². The van der Waals surface area contributed by atoms with E-state index in [0.29, 0.717) is 10.0 Å². The number of rotatable bonds is 2. The Morgan fingerprint density at radius 1 is 1.42 bits per heavy atom. The molecule has 104 valence electrons. The first kappa shape index (κ1) is 14.5. The van der Waals surface area contributed by atoms with E-state index in [1.807, 2.05) is 0 Å². The first-order valence-electron chi connectivity index (χ1n) is 6.52. The zero-order chi connectivity index (χ0) is 13.8. The van der Waals surface area contributed by atoms with E-state index in [9.17, 15) is 9.18 Å². The number of hydrogen-bond acceptors (Lipinski definition) is 2. The number of nitrogens with zero attached hydrogens (tertiary/aromatic N) is 1. The van der Waals surface area contributed by atoms with Crippen LogP contribution >= 0.6 is 15.9 Å². The van der Waals surface area contributed by atoms with E-state index >= 15 is 0 Å². The molecular formula is C14H18BrFN2O. The average molecular weight is 329 g/mol. The number of halogens is 2. The van der Waals surface area contributed by atoms with Gasteiger partial charge in [0.1, 0.15) is 5.82 Å². The predicted octanol–water partition coefficient (Wildman–Crippen LogP) is 2.80. The molecule has 5 heteroatoms. The molecule has 1 saturated heterocycles. The molecule has 1 aromatic carbocycles. The van der Waals surface area contributed by atoms with Gasteiger partial charge in [-0.3, -0.25) is 4.79 Å². The smallest absolute Gasteiger partial charge is 0.255 e. The van der Waals surface area contributed by atoms with E-state index in [0.717, 1.165) is 32.4 Å². The van der Waals surface area contributed by atoms with Crippen LogP contribution in [0.3, 0.4) is 0 Å². The van der Waals surface area contributed by atoms with E-state index in [4.69, 9.17) is 0 Å². The van der Waals surface area contributed by atoms with E-state index in [1.165, 1.54) is 12.1 Å². The second-order valence-corrected chi connectivity index (χ2v) is 5.73. The van der Waals surface area contributed by atoms with Crippen molar-refractivity contribution in [2.45, 2.75) is 25.3 Å². The quantitative estimate of drug-likeness (QED) is 0.905. The normalized spacial score (nSPS) is 19.8. The van der Waals surface area contributed by atoms with Gasteiger partial charge in [0.05, 0.1) is 5.56 Å². The second-order valence-electron chi connectivity index (χ2n) is 4.87. The molecule has 1 aliphatic rings. The molecule has 1 amide bonds. The number of benzene rings is 1. The van der Waals surface area contributed by atoms with Crippen molar-refractivity contribution in [2.75, 3.05) is 20.1 Å². The van der Waals surface area contributed by atoms with Crippen molar-refractivity contribution >= 4 is 21.8 Å². The Hall–Kier alpha value is -0.940. The lowest BCUT2D eigenvalue weighted by Crippen LogP contribution is -2.37. The van der Waals surface area contributed by atoms with Crippen LogP contribution in [0.25, 0.3) is 0 Å². The average Bonchev–Trinajstić information content (AvgIpc) is 2.69. The van der Waals surface area contributed by atoms with Gasteiger partial charge in [-0.2, -0.15) is 0 Å². The highest BCUT2D eigenvalue weighted by atomic mass is 79.9. The zero-order valence-electron chi connectivity index (χ0n) is 11.0. The van der Waals surface area contributed by atoms with Gasteiger partial charge in [-0.15, -0.1) is 0 Å². The van der Waals surface area contributed by atoms with Gasteiger partial charge in [0.25, 0.3) is 5.91 Å². The largest absolute Gasteiger partial charge is 0.339 e. The minimum absolute atomic E-state index is 0.127. The molecule has 1 aromatic rings. The van der Waals surface area contributed by atoms with Gasteiger partial charge in [-0.1, -0.05) is 0 Å². The molecule has 0 bridgehead atoms. The zero-order valence-corrected chi connectivity index (χ0v) is 12.5. The third-order valence-corrected chi connectivity index (χ3v) is 4.26. The van der Waals surface area contributed by atoms with Gasteiger partial charge in [0.2, 0.25) is 0 Å². The number of hydrogen-bond donors (Lipinski definition) is 1. The fourth-order valence-electron chi connectivity index (χ4n) is 2.41. The van der Waals surface area contributed by atoms with E-state index in [1.54, 1.807) is 18.0 Å². The van der Waals surface area contributed by atoms with Crippen LogP contribution in [-0.4, -0.2) is 37.0 Å². The van der Waals surface area contributed by atoms with Crippen molar-refractivity contribution in [1.29, 1.82) is 0 Å². The molecule has 0 saturated carbocycles. The summed E-state index contributed by atoms with van der Waals surface area (Å²) < 4.78 is 13.9. The fraction of sp³-hybridized carbons (Fsp3) is 0.500. The van der Waals surface area contributed by atoms with E-state index in [2.05, 4.69) is 21.2 Å². The summed E-state index contributed by atoms with van der Waals surface area (Å²) in [6.07, 6.45) is 2.99. The number of amides is 1. The summed E-state index contributed by atoms with van der Waals surface area (Å²) in [4.78, 5) is 14.2. The van der Waals surface area contributed by atoms with Crippen LogP contribution in [-0.2, 0) is 0 Å². The van der Waals surface area contributed by atoms with Crippen LogP contribution in [0.2, 0.25) is 0 Å². The Morgan fingerprint density at radius 2 is 2.21 bits per heavy atom. The number of carbonyl (C=O) groups is 1. The first-order valence-corrected chi connectivity index (χ1v) is 7.32. The molecule has 1 atom stereocenters. The molecule has 0 aromatic heterocycles. The van der Waals surface area contributed by atoms with Crippen molar-refractivity contribution in [1.82, 2.24) is 10.2 Å². The maximum absolute atomic E-state index is 13.3. The van der Waals surface area contributed by atoms with Crippen LogP contribution in [0.5, 0.6) is 0 Å². The van der Waals surface area contributed by atoms with E-state index in [-0.39, 0.29) is 17.8 Å². The standard InChI is InChI=1S/C14H18BrFN2O/c1-18(11-3-2-7-17-8-6-11)14(19)12-9-10(16)4-5-13(12)15/h4-5,9,11,17H,2-3,6-8H2,1H3. The van der Waals surface area contributed by atoms with Crippen molar-refractivity contribution in [3.63, 3.8) is 0 Å². The Morgan fingerprint density at radius 3 is 3.00 bits per heavy atom. The summed E-state index contributed by atoms with van der Waals surface area (Å²) in [6, 6.07) is 4.43. The topological polar surface area (TPSA) is 32.3 Å². The van der Waals surface area contributed by atoms with Gasteiger partial charge < -0.3 is 10.2 Å². The molecule has 2 rings (SSSR count). The molecule has 0 spiro atoms. The van der Waals surface area contributed by atoms with Gasteiger partial charge >= 0.3 is 0 Å². The summed E-state index contributed by atoms with van der Waals surface area (Å²) in [7, 11) is 1.80. The highest BCUT2D eigenvalue weighted by Crippen LogP contribution is 2.22. The molecule has 1 N–H and O–H groups in total. The summed E-state index contributed by atoms with van der Waals surface area (Å²) in [5, 5.41) is 3.32. The maximum atomic E-state index is 13.3. The summed E-state index contributed by atoms with van der Waals surface area (Å²) in [6.45, 7) is 1.93. The summed E-state index contributed by atoms with van der Waals surface area (Å²) in [5.74, 6) is -0.513. The molecule has 19 heavy (non-hydrogen) atoms. The second kappa shape index (κ2) is 6.48. The lowest BCUT2D eigenvalue weighted by Gasteiger charge is -2.27. The van der Waals surface area contributed by atoms with Crippen LogP contribution in [0, 0.1) is 5.82 Å². The summed E-state index contributed by atoms with van der Waals surface area (Å²) >= 11 is 3.31. The SMILES string of the molecule is CN(C(=O)c1cc(F)ccc1Br)C1CCCNCC1. The van der Waals surface area contributed by atoms with Crippen LogP contribution in [0.1, 0.15) is 29.6 Å². The van der Waals surface area contributed by atoms with Crippen molar-refractivity contribution in [3.8, 4) is 0 Å². The predicted molar refractivity (Wildman–Crippen MR) is 76.7 cm³/mol. The molecule has 1 aliphatic heterocycles. The van der Waals surface area contributed by atoms with Crippen molar-refractivity contribution < 1.29 is 9.18 Å². The molecule has 1 fully saturated rings. The number of carbonyl (C=O) groups excluding carboxylic acids is 1. The molecular weight excluding hydrogens is 311 g/mol. The minimum atomic E-state index is -0.387. The van der Waals surface area contributed by atoms with Gasteiger partial charge in [0.15, 0.2) is 0 Å². The Balaban J connectivity index is 2.15. The summed E-state index contributed by atoms with van der Waals surface area (Å²) in [5.41, 5.74) is 0.389. The van der Waals surface area contributed by atoms with Crippen LogP contribution in [0.15, 0.2) is 22.7 Å². The van der Waals surface area contributed by atoms with Crippen molar-refractivity contribution in [3.05, 3.63) is 34.1 Å². The Bertz CT molecular complexity index is 459. The van der Waals surface area contributed by atoms with Crippen LogP contribution in [0.4, 0.5) is 4.39 Å². The van der Waals surface area contributed by atoms with Crippen LogP contribution < -0.4 is 5.32 Å². The lowest BCUT2D eigenvalue weighted by atomic mass is 10.1. The van der Waals surface area contributed by atoms with Gasteiger partial charge in [-0.25, -0.2) is 4.39 Å². The lowest BCUT2D eigenvalue weighted by molar-refractivity contribution is 0.0719. The maximum Gasteiger partial charge on any atom is 0.255 e. The highest BCUT2D eigenvalue weighted by molar-refractivity contribution is 9.10.